The summed E-state index contributed by atoms with van der Waals surface area (Å²) in [4.78, 5) is 30.2. The predicted molar refractivity (Wildman–Crippen MR) is 146 cm³/mol. The molecule has 0 radical (unpaired) electrons. The Morgan fingerprint density at radius 1 is 1.19 bits per heavy atom. The molecule has 0 unspecified atom stereocenters. The molecule has 2 amide bonds. The first kappa shape index (κ1) is 25.9. The molecule has 37 heavy (non-hydrogen) atoms. The summed E-state index contributed by atoms with van der Waals surface area (Å²) in [6.45, 7) is 8.37. The fraction of sp³-hybridized carbons (Fsp3) is 0.500. The number of nitrogens with one attached hydrogen (secondary N) is 1. The summed E-state index contributed by atoms with van der Waals surface area (Å²) in [5.74, 6) is 0.619. The van der Waals surface area contributed by atoms with Crippen molar-refractivity contribution in [3.63, 3.8) is 0 Å². The van der Waals surface area contributed by atoms with Gasteiger partial charge >= 0.3 is 0 Å². The number of methoxy groups -OCH3 is 1. The van der Waals surface area contributed by atoms with E-state index < -0.39 is 13.7 Å². The molecule has 9 heteroatoms. The summed E-state index contributed by atoms with van der Waals surface area (Å²) in [6, 6.07) is 14.1. The molecule has 0 aromatic heterocycles. The lowest BCUT2D eigenvalue weighted by Gasteiger charge is -2.37. The Bertz CT molecular complexity index is 1200. The summed E-state index contributed by atoms with van der Waals surface area (Å²) in [5.41, 5.74) is 1.35. The fourth-order valence-electron chi connectivity index (χ4n) is 6.85. The van der Waals surface area contributed by atoms with Crippen molar-refractivity contribution in [1.29, 1.82) is 0 Å². The SMILES string of the molecule is COc1ccc([Si](C)(C)[C@@H]2[C@@H](CCO)O[C@]3(C(=O)N(C)c4ccc(N5CCNCC5=O)cc43)[C@H]2C)cc1. The Balaban J connectivity index is 1.60. The van der Waals surface area contributed by atoms with Gasteiger partial charge in [0, 0.05) is 43.9 Å². The van der Waals surface area contributed by atoms with Gasteiger partial charge in [-0.05, 0) is 42.3 Å². The summed E-state index contributed by atoms with van der Waals surface area (Å²) >= 11 is 0. The highest BCUT2D eigenvalue weighted by atomic mass is 28.3. The van der Waals surface area contributed by atoms with Crippen LogP contribution in [-0.4, -0.2) is 71.5 Å². The Kier molecular flexibility index (Phi) is 6.68. The summed E-state index contributed by atoms with van der Waals surface area (Å²) in [5, 5.41) is 14.4. The average molecular weight is 524 g/mol. The number of rotatable bonds is 6. The quantitative estimate of drug-likeness (QED) is 0.565. The van der Waals surface area contributed by atoms with E-state index in [-0.39, 0.29) is 36.0 Å². The van der Waals surface area contributed by atoms with Crippen molar-refractivity contribution in [3.05, 3.63) is 48.0 Å². The highest BCUT2D eigenvalue weighted by Crippen LogP contribution is 2.60. The molecule has 2 saturated heterocycles. The highest BCUT2D eigenvalue weighted by molar-refractivity contribution is 6.91. The van der Waals surface area contributed by atoms with Crippen LogP contribution in [0.15, 0.2) is 42.5 Å². The molecule has 1 spiro atoms. The Morgan fingerprint density at radius 3 is 2.57 bits per heavy atom. The molecule has 198 valence electrons. The molecule has 0 bridgehead atoms. The van der Waals surface area contributed by atoms with Crippen molar-refractivity contribution >= 4 is 36.4 Å². The van der Waals surface area contributed by atoms with Crippen molar-refractivity contribution in [2.24, 2.45) is 5.92 Å². The highest BCUT2D eigenvalue weighted by Gasteiger charge is 2.65. The molecule has 2 N–H and O–H groups in total. The van der Waals surface area contributed by atoms with Gasteiger partial charge in [0.25, 0.3) is 5.91 Å². The second kappa shape index (κ2) is 9.54. The zero-order valence-electron chi connectivity index (χ0n) is 22.3. The lowest BCUT2D eigenvalue weighted by molar-refractivity contribution is -0.145. The van der Waals surface area contributed by atoms with Gasteiger partial charge < -0.3 is 29.7 Å². The predicted octanol–water partition coefficient (Wildman–Crippen LogP) is 2.21. The third-order valence-corrected chi connectivity index (χ3v) is 13.1. The molecule has 4 atom stereocenters. The van der Waals surface area contributed by atoms with Crippen molar-refractivity contribution in [2.75, 3.05) is 50.2 Å². The number of anilines is 2. The molecule has 2 aromatic rings. The first-order valence-corrected chi connectivity index (χ1v) is 16.1. The van der Waals surface area contributed by atoms with Crippen LogP contribution in [0.4, 0.5) is 11.4 Å². The van der Waals surface area contributed by atoms with E-state index in [9.17, 15) is 14.7 Å². The lowest BCUT2D eigenvalue weighted by Crippen LogP contribution is -2.51. The van der Waals surface area contributed by atoms with E-state index in [1.807, 2.05) is 30.3 Å². The van der Waals surface area contributed by atoms with Crippen molar-refractivity contribution in [1.82, 2.24) is 5.32 Å². The maximum Gasteiger partial charge on any atom is 0.264 e. The van der Waals surface area contributed by atoms with Gasteiger partial charge in [-0.1, -0.05) is 37.3 Å². The molecule has 2 aromatic carbocycles. The number of nitrogens with zero attached hydrogens (tertiary/aromatic N) is 2. The number of amides is 2. The van der Waals surface area contributed by atoms with Crippen LogP contribution in [0.3, 0.4) is 0 Å². The number of likely N-dealkylation sites (N-methyl/N-ethyl adjacent to an activating group) is 1. The molecule has 3 aliphatic heterocycles. The standard InChI is InChI=1S/C28H37N3O5Si/c1-18-26(37(4,5)21-9-7-20(35-3)8-10-21)24(12-15-32)36-28(18)22-16-19(31-14-13-29-17-25(31)33)6-11-23(22)30(2)27(28)34/h6-11,16,18,24,26,29,32H,12-15,17H2,1-5H3/t18-,24+,26-,28+/m0/s1. The fourth-order valence-corrected chi connectivity index (χ4v) is 10.9. The Morgan fingerprint density at radius 2 is 1.92 bits per heavy atom. The molecular weight excluding hydrogens is 486 g/mol. The first-order chi connectivity index (χ1) is 17.7. The van der Waals surface area contributed by atoms with Crippen LogP contribution in [0.25, 0.3) is 0 Å². The van der Waals surface area contributed by atoms with Crippen LogP contribution >= 0.6 is 0 Å². The van der Waals surface area contributed by atoms with Gasteiger partial charge in [0.05, 0.1) is 33.5 Å². The summed E-state index contributed by atoms with van der Waals surface area (Å²) in [6.07, 6.45) is 0.197. The number of hydrogen-bond donors (Lipinski definition) is 2. The van der Waals surface area contributed by atoms with E-state index in [4.69, 9.17) is 9.47 Å². The number of benzene rings is 2. The van der Waals surface area contributed by atoms with Crippen molar-refractivity contribution in [3.8, 4) is 5.75 Å². The number of fused-ring (bicyclic) bond motifs is 2. The average Bonchev–Trinajstić information content (AvgIpc) is 3.31. The van der Waals surface area contributed by atoms with Gasteiger partial charge in [-0.25, -0.2) is 0 Å². The zero-order chi connectivity index (χ0) is 26.5. The van der Waals surface area contributed by atoms with Crippen LogP contribution in [-0.2, 0) is 19.9 Å². The Hall–Kier alpha value is -2.72. The number of carbonyl (C=O) groups excluding carboxylic acids is 2. The van der Waals surface area contributed by atoms with Gasteiger partial charge in [0.1, 0.15) is 5.75 Å². The number of hydrogen-bond acceptors (Lipinski definition) is 6. The number of aliphatic hydroxyl groups is 1. The topological polar surface area (TPSA) is 91.3 Å². The van der Waals surface area contributed by atoms with Crippen LogP contribution in [0, 0.1) is 5.92 Å². The van der Waals surface area contributed by atoms with Crippen LogP contribution in [0.1, 0.15) is 18.9 Å². The molecule has 3 heterocycles. The van der Waals surface area contributed by atoms with Gasteiger partial charge in [-0.3, -0.25) is 9.59 Å². The molecule has 2 fully saturated rings. The largest absolute Gasteiger partial charge is 0.497 e. The van der Waals surface area contributed by atoms with E-state index in [0.717, 1.165) is 29.2 Å². The summed E-state index contributed by atoms with van der Waals surface area (Å²) in [7, 11) is 1.25. The van der Waals surface area contributed by atoms with Gasteiger partial charge in [0.2, 0.25) is 5.91 Å². The normalized spacial score (nSPS) is 27.8. The molecule has 0 aliphatic carbocycles. The maximum atomic E-state index is 14.0. The van der Waals surface area contributed by atoms with E-state index in [2.05, 4.69) is 37.5 Å². The maximum absolute atomic E-state index is 14.0. The second-order valence-electron chi connectivity index (χ2n) is 11.0. The lowest BCUT2D eigenvalue weighted by atomic mass is 9.82. The van der Waals surface area contributed by atoms with Gasteiger partial charge in [-0.15, -0.1) is 0 Å². The number of carbonyl (C=O) groups is 2. The molecule has 3 aliphatic rings. The third kappa shape index (κ3) is 3.91. The number of piperazine rings is 1. The van der Waals surface area contributed by atoms with Crippen LogP contribution < -0.4 is 25.0 Å². The molecule has 0 saturated carbocycles. The molecular formula is C28H37N3O5Si. The number of aliphatic hydroxyl groups excluding tert-OH is 1. The summed E-state index contributed by atoms with van der Waals surface area (Å²) < 4.78 is 12.2. The molecule has 5 rings (SSSR count). The minimum absolute atomic E-state index is 0.0106. The second-order valence-corrected chi connectivity index (χ2v) is 15.6. The Labute approximate surface area is 219 Å². The number of ether oxygens (including phenoxy) is 2. The molecule has 8 nitrogen and oxygen atoms in total. The third-order valence-electron chi connectivity index (χ3n) is 8.76. The van der Waals surface area contributed by atoms with E-state index in [1.165, 1.54) is 5.19 Å². The smallest absolute Gasteiger partial charge is 0.264 e. The van der Waals surface area contributed by atoms with Gasteiger partial charge in [-0.2, -0.15) is 0 Å². The van der Waals surface area contributed by atoms with Crippen molar-refractivity contribution < 1.29 is 24.2 Å². The zero-order valence-corrected chi connectivity index (χ0v) is 23.3. The minimum atomic E-state index is -2.20. The van der Waals surface area contributed by atoms with Crippen LogP contribution in [0.5, 0.6) is 5.75 Å². The first-order valence-electron chi connectivity index (χ1n) is 13.0. The van der Waals surface area contributed by atoms with Crippen LogP contribution in [0.2, 0.25) is 18.6 Å². The van der Waals surface area contributed by atoms with E-state index in [1.54, 1.807) is 24.0 Å². The van der Waals surface area contributed by atoms with E-state index >= 15 is 0 Å². The minimum Gasteiger partial charge on any atom is -0.497 e. The monoisotopic (exact) mass is 523 g/mol. The van der Waals surface area contributed by atoms with E-state index in [0.29, 0.717) is 19.5 Å². The van der Waals surface area contributed by atoms with Gasteiger partial charge in [0.15, 0.2) is 5.60 Å². The van der Waals surface area contributed by atoms with Crippen molar-refractivity contribution in [2.45, 2.75) is 43.7 Å².